The summed E-state index contributed by atoms with van der Waals surface area (Å²) in [6.07, 6.45) is 5.45. The maximum absolute atomic E-state index is 5.70. The molecular formula is C13H15BO2. The number of hydrogen-bond acceptors (Lipinski definition) is 2. The molecule has 0 bridgehead atoms. The first-order valence-electron chi connectivity index (χ1n) is 5.41. The Labute approximate surface area is 97.1 Å². The molecule has 1 aliphatic heterocycles. The van der Waals surface area contributed by atoms with E-state index in [0.717, 1.165) is 11.0 Å². The first-order chi connectivity index (χ1) is 7.62. The van der Waals surface area contributed by atoms with Crippen molar-refractivity contribution in [3.8, 4) is 12.3 Å². The zero-order chi connectivity index (χ0) is 11.6. The van der Waals surface area contributed by atoms with Crippen molar-refractivity contribution < 1.29 is 9.31 Å². The van der Waals surface area contributed by atoms with E-state index in [0.29, 0.717) is 13.2 Å². The van der Waals surface area contributed by atoms with Crippen LogP contribution in [-0.4, -0.2) is 20.3 Å². The maximum Gasteiger partial charge on any atom is 0.495 e. The van der Waals surface area contributed by atoms with Gasteiger partial charge >= 0.3 is 7.12 Å². The minimum atomic E-state index is -0.319. The first kappa shape index (κ1) is 11.3. The van der Waals surface area contributed by atoms with Gasteiger partial charge in [0.05, 0.1) is 0 Å². The summed E-state index contributed by atoms with van der Waals surface area (Å²) in [5.74, 6) is 2.65. The fraction of sp³-hybridized carbons (Fsp3) is 0.385. The largest absolute Gasteiger partial charge is 0.495 e. The van der Waals surface area contributed by atoms with E-state index in [2.05, 4.69) is 19.8 Å². The Morgan fingerprint density at radius 2 is 1.88 bits per heavy atom. The molecule has 1 saturated heterocycles. The second-order valence-electron chi connectivity index (χ2n) is 4.85. The van der Waals surface area contributed by atoms with Crippen LogP contribution in [0.2, 0.25) is 0 Å². The topological polar surface area (TPSA) is 18.5 Å². The molecule has 1 fully saturated rings. The van der Waals surface area contributed by atoms with E-state index in [-0.39, 0.29) is 12.5 Å². The van der Waals surface area contributed by atoms with Crippen LogP contribution in [0, 0.1) is 17.8 Å². The number of hydrogen-bond donors (Lipinski definition) is 0. The standard InChI is InChI=1S/C13H15BO2/c1-4-11-7-5-6-8-12(11)14-15-9-13(2,3)10-16-14/h1,5-8H,9-10H2,2-3H3. The molecule has 0 radical (unpaired) electrons. The zero-order valence-corrected chi connectivity index (χ0v) is 9.69. The van der Waals surface area contributed by atoms with Crippen LogP contribution in [0.5, 0.6) is 0 Å². The average Bonchev–Trinajstić information content (AvgIpc) is 2.29. The lowest BCUT2D eigenvalue weighted by atomic mass is 9.73. The molecule has 82 valence electrons. The fourth-order valence-corrected chi connectivity index (χ4v) is 1.71. The van der Waals surface area contributed by atoms with Crippen LogP contribution in [0.1, 0.15) is 19.4 Å². The third-order valence-electron chi connectivity index (χ3n) is 2.62. The van der Waals surface area contributed by atoms with Gasteiger partial charge in [-0.3, -0.25) is 0 Å². The van der Waals surface area contributed by atoms with E-state index in [4.69, 9.17) is 15.7 Å². The quantitative estimate of drug-likeness (QED) is 0.520. The third-order valence-corrected chi connectivity index (χ3v) is 2.62. The van der Waals surface area contributed by atoms with Gasteiger partial charge in [-0.2, -0.15) is 0 Å². The summed E-state index contributed by atoms with van der Waals surface area (Å²) < 4.78 is 11.4. The highest BCUT2D eigenvalue weighted by atomic mass is 16.6. The summed E-state index contributed by atoms with van der Waals surface area (Å²) in [6.45, 7) is 5.62. The Morgan fingerprint density at radius 3 is 2.50 bits per heavy atom. The van der Waals surface area contributed by atoms with E-state index >= 15 is 0 Å². The van der Waals surface area contributed by atoms with Crippen molar-refractivity contribution in [1.82, 2.24) is 0 Å². The van der Waals surface area contributed by atoms with Gasteiger partial charge in [0.15, 0.2) is 0 Å². The highest BCUT2D eigenvalue weighted by molar-refractivity contribution is 6.62. The van der Waals surface area contributed by atoms with Crippen molar-refractivity contribution in [3.63, 3.8) is 0 Å². The van der Waals surface area contributed by atoms with Crippen LogP contribution in [0.3, 0.4) is 0 Å². The lowest BCUT2D eigenvalue weighted by Crippen LogP contribution is -2.48. The van der Waals surface area contributed by atoms with Gasteiger partial charge in [-0.25, -0.2) is 0 Å². The summed E-state index contributed by atoms with van der Waals surface area (Å²) >= 11 is 0. The van der Waals surface area contributed by atoms with Gasteiger partial charge in [-0.1, -0.05) is 38.0 Å². The molecule has 1 aliphatic rings. The Kier molecular flexibility index (Phi) is 3.04. The predicted octanol–water partition coefficient (Wildman–Crippen LogP) is 1.44. The summed E-state index contributed by atoms with van der Waals surface area (Å²) in [5.41, 5.74) is 1.87. The SMILES string of the molecule is C#Cc1ccccc1B1OCC(C)(C)CO1. The molecule has 0 amide bonds. The van der Waals surface area contributed by atoms with Crippen LogP contribution in [0.4, 0.5) is 0 Å². The number of rotatable bonds is 1. The molecule has 0 saturated carbocycles. The monoisotopic (exact) mass is 214 g/mol. The van der Waals surface area contributed by atoms with Crippen molar-refractivity contribution >= 4 is 12.6 Å². The van der Waals surface area contributed by atoms with Crippen molar-refractivity contribution in [1.29, 1.82) is 0 Å². The molecular weight excluding hydrogens is 199 g/mol. The maximum atomic E-state index is 5.70. The van der Waals surface area contributed by atoms with Crippen molar-refractivity contribution in [2.45, 2.75) is 13.8 Å². The lowest BCUT2D eigenvalue weighted by Gasteiger charge is -2.33. The van der Waals surface area contributed by atoms with Crippen LogP contribution >= 0.6 is 0 Å². The molecule has 0 aromatic heterocycles. The molecule has 16 heavy (non-hydrogen) atoms. The second-order valence-corrected chi connectivity index (χ2v) is 4.85. The number of terminal acetylenes is 1. The Bertz CT molecular complexity index is 410. The molecule has 0 atom stereocenters. The Morgan fingerprint density at radius 1 is 1.25 bits per heavy atom. The van der Waals surface area contributed by atoms with Gasteiger partial charge in [0.25, 0.3) is 0 Å². The van der Waals surface area contributed by atoms with Crippen LogP contribution < -0.4 is 5.46 Å². The van der Waals surface area contributed by atoms with Gasteiger partial charge in [0.2, 0.25) is 0 Å². The van der Waals surface area contributed by atoms with E-state index in [9.17, 15) is 0 Å². The van der Waals surface area contributed by atoms with Gasteiger partial charge in [-0.15, -0.1) is 6.42 Å². The van der Waals surface area contributed by atoms with Crippen LogP contribution in [0.25, 0.3) is 0 Å². The summed E-state index contributed by atoms with van der Waals surface area (Å²) in [7, 11) is -0.319. The normalized spacial score (nSPS) is 19.2. The smallest absolute Gasteiger partial charge is 0.407 e. The highest BCUT2D eigenvalue weighted by Crippen LogP contribution is 2.21. The van der Waals surface area contributed by atoms with E-state index in [1.807, 2.05) is 24.3 Å². The van der Waals surface area contributed by atoms with Crippen molar-refractivity contribution in [2.24, 2.45) is 5.41 Å². The van der Waals surface area contributed by atoms with E-state index in [1.54, 1.807) is 0 Å². The molecule has 1 heterocycles. The van der Waals surface area contributed by atoms with Gasteiger partial charge < -0.3 is 9.31 Å². The van der Waals surface area contributed by atoms with E-state index in [1.165, 1.54) is 0 Å². The molecule has 1 aromatic rings. The Hall–Kier alpha value is -1.24. The third kappa shape index (κ3) is 2.29. The van der Waals surface area contributed by atoms with Crippen LogP contribution in [0.15, 0.2) is 24.3 Å². The molecule has 0 aliphatic carbocycles. The Balaban J connectivity index is 2.18. The molecule has 0 N–H and O–H groups in total. The van der Waals surface area contributed by atoms with Gasteiger partial charge in [0, 0.05) is 24.2 Å². The summed E-state index contributed by atoms with van der Waals surface area (Å²) in [5, 5.41) is 0. The average molecular weight is 214 g/mol. The molecule has 2 rings (SSSR count). The number of benzene rings is 1. The highest BCUT2D eigenvalue weighted by Gasteiger charge is 2.34. The second kappa shape index (κ2) is 4.33. The van der Waals surface area contributed by atoms with Crippen molar-refractivity contribution in [2.75, 3.05) is 13.2 Å². The fourth-order valence-electron chi connectivity index (χ4n) is 1.71. The van der Waals surface area contributed by atoms with Crippen LogP contribution in [-0.2, 0) is 9.31 Å². The molecule has 0 unspecified atom stereocenters. The molecule has 1 aromatic carbocycles. The summed E-state index contributed by atoms with van der Waals surface area (Å²) in [6, 6.07) is 7.73. The van der Waals surface area contributed by atoms with Gasteiger partial charge in [-0.05, 0) is 11.5 Å². The minimum absolute atomic E-state index is 0.0849. The molecule has 3 heteroatoms. The lowest BCUT2D eigenvalue weighted by molar-refractivity contribution is 0.0343. The summed E-state index contributed by atoms with van der Waals surface area (Å²) in [4.78, 5) is 0. The van der Waals surface area contributed by atoms with Crippen molar-refractivity contribution in [3.05, 3.63) is 29.8 Å². The minimum Gasteiger partial charge on any atom is -0.407 e. The predicted molar refractivity (Wildman–Crippen MR) is 65.5 cm³/mol. The first-order valence-corrected chi connectivity index (χ1v) is 5.41. The molecule has 2 nitrogen and oxygen atoms in total. The molecule has 0 spiro atoms. The zero-order valence-electron chi connectivity index (χ0n) is 9.69. The van der Waals surface area contributed by atoms with E-state index < -0.39 is 0 Å². The van der Waals surface area contributed by atoms with Gasteiger partial charge in [0.1, 0.15) is 0 Å².